The van der Waals surface area contributed by atoms with Gasteiger partial charge in [-0.2, -0.15) is 5.10 Å². The van der Waals surface area contributed by atoms with Crippen molar-refractivity contribution in [1.29, 1.82) is 0 Å². The first-order chi connectivity index (χ1) is 10.5. The highest BCUT2D eigenvalue weighted by Gasteiger charge is 2.20. The minimum absolute atomic E-state index is 0.0538. The Bertz CT molecular complexity index is 737. The van der Waals surface area contributed by atoms with Gasteiger partial charge in [-0.25, -0.2) is 4.98 Å². The van der Waals surface area contributed by atoms with Crippen LogP contribution in [0.15, 0.2) is 12.3 Å². The van der Waals surface area contributed by atoms with E-state index in [2.05, 4.69) is 15.4 Å². The first-order valence-corrected chi connectivity index (χ1v) is 7.41. The van der Waals surface area contributed by atoms with Crippen LogP contribution in [-0.4, -0.2) is 44.6 Å². The van der Waals surface area contributed by atoms with Gasteiger partial charge in [0.25, 0.3) is 0 Å². The maximum Gasteiger partial charge on any atom is 0.244 e. The number of hydrogen-bond donors (Lipinski definition) is 1. The van der Waals surface area contributed by atoms with Gasteiger partial charge in [-0.3, -0.25) is 14.3 Å². The van der Waals surface area contributed by atoms with Gasteiger partial charge >= 0.3 is 0 Å². The zero-order valence-electron chi connectivity index (χ0n) is 12.8. The summed E-state index contributed by atoms with van der Waals surface area (Å²) in [7, 11) is 1.84. The van der Waals surface area contributed by atoms with Crippen LogP contribution in [0, 0.1) is 6.92 Å². The van der Waals surface area contributed by atoms with Crippen LogP contribution >= 0.6 is 0 Å². The van der Waals surface area contributed by atoms with Crippen molar-refractivity contribution in [3.8, 4) is 0 Å². The second-order valence-electron chi connectivity index (χ2n) is 5.62. The standard InChI is InChI=1S/C15H19N5O2/c1-10-12-7-11(8-16-15(12)19(2)18-10)17-13(21)9-20-6-4-3-5-14(20)22/h7-8H,3-6,9H2,1-2H3,(H,17,21). The number of amides is 2. The Morgan fingerprint density at radius 1 is 1.41 bits per heavy atom. The third-order valence-corrected chi connectivity index (χ3v) is 3.90. The molecule has 7 heteroatoms. The molecule has 1 N–H and O–H groups in total. The van der Waals surface area contributed by atoms with E-state index in [1.54, 1.807) is 15.8 Å². The van der Waals surface area contributed by atoms with Gasteiger partial charge in [-0.05, 0) is 25.8 Å². The fourth-order valence-corrected chi connectivity index (χ4v) is 2.78. The van der Waals surface area contributed by atoms with Gasteiger partial charge in [0.1, 0.15) is 0 Å². The predicted molar refractivity (Wildman–Crippen MR) is 82.3 cm³/mol. The Kier molecular flexibility index (Phi) is 3.79. The van der Waals surface area contributed by atoms with Crippen LogP contribution in [0.2, 0.25) is 0 Å². The number of carbonyl (C=O) groups is 2. The van der Waals surface area contributed by atoms with Gasteiger partial charge in [0, 0.05) is 25.4 Å². The number of aromatic nitrogens is 3. The SMILES string of the molecule is Cc1nn(C)c2ncc(NC(=O)CN3CCCCC3=O)cc12. The molecule has 1 fully saturated rings. The molecule has 0 spiro atoms. The number of pyridine rings is 1. The Morgan fingerprint density at radius 2 is 2.23 bits per heavy atom. The molecule has 22 heavy (non-hydrogen) atoms. The zero-order valence-corrected chi connectivity index (χ0v) is 12.8. The number of hydrogen-bond acceptors (Lipinski definition) is 4. The van der Waals surface area contributed by atoms with Crippen molar-refractivity contribution >= 4 is 28.5 Å². The van der Waals surface area contributed by atoms with Crippen molar-refractivity contribution < 1.29 is 9.59 Å². The minimum atomic E-state index is -0.196. The monoisotopic (exact) mass is 301 g/mol. The molecule has 0 aromatic carbocycles. The Labute approximate surface area is 128 Å². The van der Waals surface area contributed by atoms with Gasteiger partial charge in [-0.1, -0.05) is 0 Å². The van der Waals surface area contributed by atoms with Crippen molar-refractivity contribution in [3.63, 3.8) is 0 Å². The summed E-state index contributed by atoms with van der Waals surface area (Å²) in [6, 6.07) is 1.86. The number of aryl methyl sites for hydroxylation is 2. The fourth-order valence-electron chi connectivity index (χ4n) is 2.78. The van der Waals surface area contributed by atoms with Crippen molar-refractivity contribution in [3.05, 3.63) is 18.0 Å². The molecule has 0 atom stereocenters. The molecule has 1 aliphatic rings. The summed E-state index contributed by atoms with van der Waals surface area (Å²) >= 11 is 0. The normalized spacial score (nSPS) is 15.4. The largest absolute Gasteiger partial charge is 0.333 e. The van der Waals surface area contributed by atoms with E-state index in [9.17, 15) is 9.59 Å². The first kappa shape index (κ1) is 14.5. The smallest absolute Gasteiger partial charge is 0.244 e. The summed E-state index contributed by atoms with van der Waals surface area (Å²) in [6.07, 6.45) is 4.02. The molecular formula is C15H19N5O2. The average molecular weight is 301 g/mol. The Balaban J connectivity index is 1.71. The Morgan fingerprint density at radius 3 is 3.00 bits per heavy atom. The van der Waals surface area contributed by atoms with Crippen LogP contribution in [0.3, 0.4) is 0 Å². The lowest BCUT2D eigenvalue weighted by Crippen LogP contribution is -2.40. The topological polar surface area (TPSA) is 80.1 Å². The number of likely N-dealkylation sites (tertiary alicyclic amines) is 1. The van der Waals surface area contributed by atoms with Gasteiger partial charge in [-0.15, -0.1) is 0 Å². The fraction of sp³-hybridized carbons (Fsp3) is 0.467. The number of nitrogens with one attached hydrogen (secondary N) is 1. The molecule has 0 aliphatic carbocycles. The van der Waals surface area contributed by atoms with Gasteiger partial charge < -0.3 is 10.2 Å². The molecule has 2 aromatic heterocycles. The van der Waals surface area contributed by atoms with E-state index in [0.717, 1.165) is 29.6 Å². The molecule has 2 aromatic rings. The predicted octanol–water partition coefficient (Wildman–Crippen LogP) is 1.23. The molecule has 0 saturated carbocycles. The number of nitrogens with zero attached hydrogens (tertiary/aromatic N) is 4. The lowest BCUT2D eigenvalue weighted by molar-refractivity contribution is -0.136. The average Bonchev–Trinajstić information content (AvgIpc) is 2.76. The molecule has 7 nitrogen and oxygen atoms in total. The van der Waals surface area contributed by atoms with E-state index in [4.69, 9.17) is 0 Å². The van der Waals surface area contributed by atoms with E-state index in [1.165, 1.54) is 0 Å². The third kappa shape index (κ3) is 2.79. The quantitative estimate of drug-likeness (QED) is 0.924. The van der Waals surface area contributed by atoms with Crippen LogP contribution in [0.4, 0.5) is 5.69 Å². The summed E-state index contributed by atoms with van der Waals surface area (Å²) in [5.74, 6) is -0.143. The highest BCUT2D eigenvalue weighted by Crippen LogP contribution is 2.19. The molecular weight excluding hydrogens is 282 g/mol. The van der Waals surface area contributed by atoms with E-state index in [0.29, 0.717) is 18.7 Å². The van der Waals surface area contributed by atoms with E-state index in [1.807, 2.05) is 20.0 Å². The van der Waals surface area contributed by atoms with Gasteiger partial charge in [0.2, 0.25) is 11.8 Å². The summed E-state index contributed by atoms with van der Waals surface area (Å²) in [4.78, 5) is 29.8. The van der Waals surface area contributed by atoms with Crippen LogP contribution in [-0.2, 0) is 16.6 Å². The molecule has 0 bridgehead atoms. The lowest BCUT2D eigenvalue weighted by Gasteiger charge is -2.25. The highest BCUT2D eigenvalue weighted by molar-refractivity contribution is 5.96. The molecule has 3 rings (SSSR count). The molecule has 2 amide bonds. The van der Waals surface area contributed by atoms with Crippen molar-refractivity contribution in [2.45, 2.75) is 26.2 Å². The molecule has 116 valence electrons. The summed E-state index contributed by atoms with van der Waals surface area (Å²) < 4.78 is 1.71. The zero-order chi connectivity index (χ0) is 15.7. The number of piperidine rings is 1. The lowest BCUT2D eigenvalue weighted by atomic mass is 10.1. The second kappa shape index (κ2) is 5.75. The van der Waals surface area contributed by atoms with Crippen LogP contribution in [0.1, 0.15) is 25.0 Å². The molecule has 1 aliphatic heterocycles. The third-order valence-electron chi connectivity index (χ3n) is 3.90. The number of fused-ring (bicyclic) bond motifs is 1. The summed E-state index contributed by atoms with van der Waals surface area (Å²) in [6.45, 7) is 2.66. The maximum atomic E-state index is 12.1. The van der Waals surface area contributed by atoms with Gasteiger partial charge in [0.05, 0.1) is 24.1 Å². The van der Waals surface area contributed by atoms with Crippen molar-refractivity contribution in [2.24, 2.45) is 7.05 Å². The molecule has 0 unspecified atom stereocenters. The van der Waals surface area contributed by atoms with Crippen LogP contribution < -0.4 is 5.32 Å². The van der Waals surface area contributed by atoms with E-state index >= 15 is 0 Å². The first-order valence-electron chi connectivity index (χ1n) is 7.41. The van der Waals surface area contributed by atoms with E-state index in [-0.39, 0.29) is 18.4 Å². The van der Waals surface area contributed by atoms with E-state index < -0.39 is 0 Å². The minimum Gasteiger partial charge on any atom is -0.333 e. The maximum absolute atomic E-state index is 12.1. The Hall–Kier alpha value is -2.44. The second-order valence-corrected chi connectivity index (χ2v) is 5.62. The van der Waals surface area contributed by atoms with Crippen molar-refractivity contribution in [2.75, 3.05) is 18.4 Å². The number of anilines is 1. The molecule has 3 heterocycles. The molecule has 0 radical (unpaired) electrons. The number of rotatable bonds is 3. The summed E-state index contributed by atoms with van der Waals surface area (Å²) in [5.41, 5.74) is 2.27. The molecule has 1 saturated heterocycles. The highest BCUT2D eigenvalue weighted by atomic mass is 16.2. The number of carbonyl (C=O) groups excluding carboxylic acids is 2. The van der Waals surface area contributed by atoms with Gasteiger partial charge in [0.15, 0.2) is 5.65 Å². The van der Waals surface area contributed by atoms with Crippen LogP contribution in [0.5, 0.6) is 0 Å². The van der Waals surface area contributed by atoms with Crippen molar-refractivity contribution in [1.82, 2.24) is 19.7 Å². The van der Waals surface area contributed by atoms with Crippen LogP contribution in [0.25, 0.3) is 11.0 Å². The summed E-state index contributed by atoms with van der Waals surface area (Å²) in [5, 5.41) is 8.02.